The van der Waals surface area contributed by atoms with Crippen LogP contribution in [0.3, 0.4) is 0 Å². The van der Waals surface area contributed by atoms with E-state index in [0.717, 1.165) is 11.5 Å². The molecule has 0 aliphatic carbocycles. The molecule has 0 radical (unpaired) electrons. The molecule has 7 heteroatoms. The summed E-state index contributed by atoms with van der Waals surface area (Å²) < 4.78 is 8.37. The van der Waals surface area contributed by atoms with E-state index >= 15 is 0 Å². The van der Waals surface area contributed by atoms with Crippen molar-refractivity contribution in [1.82, 2.24) is 4.37 Å². The zero-order valence-corrected chi connectivity index (χ0v) is 8.26. The highest BCUT2D eigenvalue weighted by Crippen LogP contribution is 2.21. The topological polar surface area (TPSA) is 108 Å². The quantitative estimate of drug-likeness (QED) is 0.690. The number of amides is 1. The number of carbonyl (C=O) groups is 2. The van der Waals surface area contributed by atoms with Crippen molar-refractivity contribution in [3.05, 3.63) is 10.6 Å². The maximum absolute atomic E-state index is 11.2. The summed E-state index contributed by atoms with van der Waals surface area (Å²) in [5, 5.41) is 0. The number of nitrogen functional groups attached to an aromatic ring is 1. The first kappa shape index (κ1) is 10.5. The summed E-state index contributed by atoms with van der Waals surface area (Å²) in [6.07, 6.45) is 0. The van der Waals surface area contributed by atoms with Crippen molar-refractivity contribution < 1.29 is 14.3 Å². The summed E-state index contributed by atoms with van der Waals surface area (Å²) >= 11 is 0.788. The Labute approximate surface area is 84.0 Å². The molecular weight excluding hydrogens is 206 g/mol. The second kappa shape index (κ2) is 4.05. The summed E-state index contributed by atoms with van der Waals surface area (Å²) in [5.74, 6) is -1.34. The number of aromatic nitrogens is 1. The van der Waals surface area contributed by atoms with E-state index in [0.29, 0.717) is 0 Å². The normalized spacial score (nSPS) is 9.79. The third kappa shape index (κ3) is 1.82. The Kier molecular flexibility index (Phi) is 3.03. The van der Waals surface area contributed by atoms with Gasteiger partial charge in [-0.25, -0.2) is 4.79 Å². The zero-order valence-electron chi connectivity index (χ0n) is 7.44. The molecule has 1 rings (SSSR count). The molecule has 1 amide bonds. The lowest BCUT2D eigenvalue weighted by Gasteiger charge is -1.98. The van der Waals surface area contributed by atoms with Gasteiger partial charge in [0.25, 0.3) is 5.91 Å². The third-order valence-electron chi connectivity index (χ3n) is 1.42. The fourth-order valence-electron chi connectivity index (χ4n) is 0.822. The van der Waals surface area contributed by atoms with Gasteiger partial charge in [-0.2, -0.15) is 4.37 Å². The number of rotatable bonds is 3. The number of nitrogens with zero attached hydrogens (tertiary/aromatic N) is 1. The van der Waals surface area contributed by atoms with Gasteiger partial charge in [0.2, 0.25) is 0 Å². The number of carbonyl (C=O) groups excluding carboxylic acids is 2. The smallest absolute Gasteiger partial charge is 0.360 e. The maximum atomic E-state index is 11.2. The number of esters is 1. The fourth-order valence-corrected chi connectivity index (χ4v) is 1.46. The summed E-state index contributed by atoms with van der Waals surface area (Å²) in [4.78, 5) is 22.0. The number of primary amides is 1. The minimum absolute atomic E-state index is 0.0130. The Morgan fingerprint density at radius 2 is 2.21 bits per heavy atom. The third-order valence-corrected chi connectivity index (χ3v) is 2.30. The Morgan fingerprint density at radius 1 is 1.57 bits per heavy atom. The zero-order chi connectivity index (χ0) is 10.7. The van der Waals surface area contributed by atoms with Gasteiger partial charge in [0.15, 0.2) is 5.69 Å². The molecule has 0 atom stereocenters. The van der Waals surface area contributed by atoms with Gasteiger partial charge in [0.05, 0.1) is 12.3 Å². The molecule has 1 aromatic heterocycles. The molecule has 0 spiro atoms. The van der Waals surface area contributed by atoms with Gasteiger partial charge in [-0.1, -0.05) is 0 Å². The summed E-state index contributed by atoms with van der Waals surface area (Å²) in [5.41, 5.74) is 10.4. The van der Waals surface area contributed by atoms with Crippen LogP contribution in [0.1, 0.15) is 27.1 Å². The van der Waals surface area contributed by atoms with E-state index in [2.05, 4.69) is 9.11 Å². The van der Waals surface area contributed by atoms with Crippen LogP contribution in [0.25, 0.3) is 0 Å². The van der Waals surface area contributed by atoms with Crippen molar-refractivity contribution in [3.63, 3.8) is 0 Å². The van der Waals surface area contributed by atoms with Crippen LogP contribution in [0.5, 0.6) is 0 Å². The average Bonchev–Trinajstić information content (AvgIpc) is 2.47. The van der Waals surface area contributed by atoms with Crippen LogP contribution >= 0.6 is 11.5 Å². The standard InChI is InChI=1S/C7H9N3O3S/c1-2-13-7(12)4-3(8)5(6(9)11)14-10-4/h2,8H2,1H3,(H2,9,11). The summed E-state index contributed by atoms with van der Waals surface area (Å²) in [7, 11) is 0. The Morgan fingerprint density at radius 3 is 2.64 bits per heavy atom. The van der Waals surface area contributed by atoms with E-state index in [1.165, 1.54) is 0 Å². The molecule has 1 heterocycles. The first-order valence-corrected chi connectivity index (χ1v) is 4.57. The summed E-state index contributed by atoms with van der Waals surface area (Å²) in [6.45, 7) is 1.89. The van der Waals surface area contributed by atoms with Crippen LogP contribution in [-0.2, 0) is 4.74 Å². The van der Waals surface area contributed by atoms with E-state index in [1.807, 2.05) is 0 Å². The largest absolute Gasteiger partial charge is 0.461 e. The molecule has 4 N–H and O–H groups in total. The van der Waals surface area contributed by atoms with E-state index in [1.54, 1.807) is 6.92 Å². The van der Waals surface area contributed by atoms with E-state index in [9.17, 15) is 9.59 Å². The van der Waals surface area contributed by atoms with Crippen LogP contribution < -0.4 is 11.5 Å². The molecule has 0 saturated heterocycles. The first-order valence-electron chi connectivity index (χ1n) is 3.80. The van der Waals surface area contributed by atoms with Crippen LogP contribution in [-0.4, -0.2) is 22.9 Å². The average molecular weight is 215 g/mol. The van der Waals surface area contributed by atoms with E-state index in [-0.39, 0.29) is 22.9 Å². The predicted octanol–water partition coefficient (Wildman–Crippen LogP) is 0.000900. The molecule has 14 heavy (non-hydrogen) atoms. The molecular formula is C7H9N3O3S. The van der Waals surface area contributed by atoms with Crippen molar-refractivity contribution in [3.8, 4) is 0 Å². The highest BCUT2D eigenvalue weighted by atomic mass is 32.1. The minimum atomic E-state index is -0.699. The van der Waals surface area contributed by atoms with E-state index < -0.39 is 11.9 Å². The molecule has 1 aromatic rings. The molecule has 0 saturated carbocycles. The van der Waals surface area contributed by atoms with Gasteiger partial charge in [-0.15, -0.1) is 0 Å². The summed E-state index contributed by atoms with van der Waals surface area (Å²) in [6, 6.07) is 0. The SMILES string of the molecule is CCOC(=O)c1nsc(C(N)=O)c1N. The molecule has 76 valence electrons. The predicted molar refractivity (Wildman–Crippen MR) is 51.0 cm³/mol. The molecule has 0 unspecified atom stereocenters. The molecule has 0 aliphatic heterocycles. The second-order valence-corrected chi connectivity index (χ2v) is 3.13. The van der Waals surface area contributed by atoms with Crippen molar-refractivity contribution in [2.45, 2.75) is 6.92 Å². The molecule has 0 fully saturated rings. The van der Waals surface area contributed by atoms with Gasteiger partial charge in [0, 0.05) is 0 Å². The van der Waals surface area contributed by atoms with Crippen molar-refractivity contribution in [2.24, 2.45) is 5.73 Å². The van der Waals surface area contributed by atoms with Crippen LogP contribution in [0.15, 0.2) is 0 Å². The Bertz CT molecular complexity index is 374. The molecule has 0 bridgehead atoms. The Hall–Kier alpha value is -1.63. The monoisotopic (exact) mass is 215 g/mol. The number of nitrogens with two attached hydrogens (primary N) is 2. The van der Waals surface area contributed by atoms with Crippen LogP contribution in [0.2, 0.25) is 0 Å². The number of hydrogen-bond donors (Lipinski definition) is 2. The lowest BCUT2D eigenvalue weighted by molar-refractivity contribution is 0.0522. The van der Waals surface area contributed by atoms with Gasteiger partial charge in [-0.3, -0.25) is 4.79 Å². The molecule has 0 aromatic carbocycles. The van der Waals surface area contributed by atoms with Crippen molar-refractivity contribution >= 4 is 29.1 Å². The minimum Gasteiger partial charge on any atom is -0.461 e. The fraction of sp³-hybridized carbons (Fsp3) is 0.286. The molecule has 6 nitrogen and oxygen atoms in total. The van der Waals surface area contributed by atoms with Gasteiger partial charge < -0.3 is 16.2 Å². The number of hydrogen-bond acceptors (Lipinski definition) is 6. The highest BCUT2D eigenvalue weighted by molar-refractivity contribution is 7.09. The van der Waals surface area contributed by atoms with E-state index in [4.69, 9.17) is 11.5 Å². The lowest BCUT2D eigenvalue weighted by atomic mass is 10.3. The highest BCUT2D eigenvalue weighted by Gasteiger charge is 2.21. The number of ether oxygens (including phenoxy) is 1. The molecule has 0 aliphatic rings. The van der Waals surface area contributed by atoms with Crippen molar-refractivity contribution in [2.75, 3.05) is 12.3 Å². The lowest BCUT2D eigenvalue weighted by Crippen LogP contribution is -2.13. The Balaban J connectivity index is 3.00. The van der Waals surface area contributed by atoms with Crippen LogP contribution in [0.4, 0.5) is 5.69 Å². The van der Waals surface area contributed by atoms with Gasteiger partial charge in [0.1, 0.15) is 4.88 Å². The first-order chi connectivity index (χ1) is 6.57. The van der Waals surface area contributed by atoms with Gasteiger partial charge >= 0.3 is 5.97 Å². The second-order valence-electron chi connectivity index (χ2n) is 2.36. The maximum Gasteiger partial charge on any atom is 0.360 e. The van der Waals surface area contributed by atoms with Gasteiger partial charge in [-0.05, 0) is 18.5 Å². The van der Waals surface area contributed by atoms with Crippen molar-refractivity contribution in [1.29, 1.82) is 0 Å². The number of anilines is 1. The van der Waals surface area contributed by atoms with Crippen LogP contribution in [0, 0.1) is 0 Å².